The van der Waals surface area contributed by atoms with Gasteiger partial charge in [0.25, 0.3) is 0 Å². The van der Waals surface area contributed by atoms with Crippen LogP contribution in [0.5, 0.6) is 5.75 Å². The largest absolute Gasteiger partial charge is 0.494 e. The Morgan fingerprint density at radius 2 is 1.67 bits per heavy atom. The molecule has 2 bridgehead atoms. The molecule has 1 heterocycles. The monoisotopic (exact) mass is 368 g/mol. The van der Waals surface area contributed by atoms with Crippen LogP contribution in [0, 0.1) is 23.7 Å². The number of anilines is 1. The summed E-state index contributed by atoms with van der Waals surface area (Å²) in [6.07, 6.45) is 6.05. The lowest BCUT2D eigenvalue weighted by molar-refractivity contribution is -0.146. The van der Waals surface area contributed by atoms with Gasteiger partial charge in [-0.3, -0.25) is 19.3 Å². The lowest BCUT2D eigenvalue weighted by Gasteiger charge is -2.38. The van der Waals surface area contributed by atoms with Gasteiger partial charge in [0.1, 0.15) is 11.8 Å². The number of rotatable bonds is 5. The number of imide groups is 1. The Kier molecular flexibility index (Phi) is 4.50. The number of hydrogen-bond acceptors (Lipinski definition) is 4. The van der Waals surface area contributed by atoms with E-state index in [1.165, 1.54) is 4.90 Å². The van der Waals surface area contributed by atoms with Gasteiger partial charge in [-0.1, -0.05) is 12.2 Å². The number of ether oxygens (including phenoxy) is 1. The zero-order chi connectivity index (χ0) is 19.1. The normalized spacial score (nSPS) is 29.6. The molecule has 5 rings (SSSR count). The fourth-order valence-electron chi connectivity index (χ4n) is 4.64. The van der Waals surface area contributed by atoms with Crippen molar-refractivity contribution in [2.75, 3.05) is 11.9 Å². The summed E-state index contributed by atoms with van der Waals surface area (Å²) in [5.74, 6) is -0.355. The molecule has 1 saturated carbocycles. The maximum Gasteiger partial charge on any atom is 0.247 e. The van der Waals surface area contributed by atoms with E-state index in [1.54, 1.807) is 31.2 Å². The fraction of sp³-hybridized carbons (Fsp3) is 0.476. The van der Waals surface area contributed by atoms with Gasteiger partial charge in [0.05, 0.1) is 18.4 Å². The van der Waals surface area contributed by atoms with Gasteiger partial charge in [-0.15, -0.1) is 0 Å². The summed E-state index contributed by atoms with van der Waals surface area (Å²) in [5, 5.41) is 2.79. The van der Waals surface area contributed by atoms with E-state index in [0.717, 1.165) is 18.6 Å². The Labute approximate surface area is 158 Å². The lowest BCUT2D eigenvalue weighted by atomic mass is 9.63. The van der Waals surface area contributed by atoms with Gasteiger partial charge in [0.2, 0.25) is 17.7 Å². The minimum absolute atomic E-state index is 0.128. The summed E-state index contributed by atoms with van der Waals surface area (Å²) >= 11 is 0. The van der Waals surface area contributed by atoms with Crippen molar-refractivity contribution in [2.24, 2.45) is 23.7 Å². The number of likely N-dealkylation sites (tertiary alicyclic amines) is 1. The van der Waals surface area contributed by atoms with E-state index in [0.29, 0.717) is 12.3 Å². The van der Waals surface area contributed by atoms with Crippen molar-refractivity contribution in [1.29, 1.82) is 0 Å². The molecule has 1 saturated heterocycles. The summed E-state index contributed by atoms with van der Waals surface area (Å²) in [6, 6.07) is 6.20. The minimum atomic E-state index is -0.832. The predicted molar refractivity (Wildman–Crippen MR) is 99.9 cm³/mol. The highest BCUT2D eigenvalue weighted by Gasteiger charge is 2.58. The van der Waals surface area contributed by atoms with E-state index in [9.17, 15) is 14.4 Å². The van der Waals surface area contributed by atoms with E-state index in [-0.39, 0.29) is 41.4 Å². The second-order valence-corrected chi connectivity index (χ2v) is 7.51. The fourth-order valence-corrected chi connectivity index (χ4v) is 4.64. The lowest BCUT2D eigenvalue weighted by Crippen LogP contribution is -2.46. The number of amides is 3. The van der Waals surface area contributed by atoms with Gasteiger partial charge in [-0.05, 0) is 62.8 Å². The number of fused-ring (bicyclic) bond motifs is 1. The molecule has 2 fully saturated rings. The van der Waals surface area contributed by atoms with Gasteiger partial charge in [-0.25, -0.2) is 0 Å². The first-order valence-corrected chi connectivity index (χ1v) is 9.60. The molecule has 27 heavy (non-hydrogen) atoms. The van der Waals surface area contributed by atoms with Crippen molar-refractivity contribution in [1.82, 2.24) is 4.90 Å². The van der Waals surface area contributed by atoms with Crippen molar-refractivity contribution >= 4 is 23.4 Å². The maximum absolute atomic E-state index is 12.9. The summed E-state index contributed by atoms with van der Waals surface area (Å²) in [6.45, 7) is 4.09. The van der Waals surface area contributed by atoms with Crippen molar-refractivity contribution in [3.8, 4) is 5.75 Å². The first-order chi connectivity index (χ1) is 13.0. The molecule has 5 atom stereocenters. The molecule has 0 unspecified atom stereocenters. The average Bonchev–Trinajstić information content (AvgIpc) is 2.97. The molecule has 0 spiro atoms. The topological polar surface area (TPSA) is 75.7 Å². The van der Waals surface area contributed by atoms with Gasteiger partial charge < -0.3 is 10.1 Å². The molecular weight excluding hydrogens is 344 g/mol. The summed E-state index contributed by atoms with van der Waals surface area (Å²) in [7, 11) is 0. The van der Waals surface area contributed by atoms with Crippen molar-refractivity contribution in [2.45, 2.75) is 32.7 Å². The van der Waals surface area contributed by atoms with E-state index < -0.39 is 6.04 Å². The Morgan fingerprint density at radius 3 is 2.15 bits per heavy atom. The van der Waals surface area contributed by atoms with Crippen molar-refractivity contribution in [3.05, 3.63) is 36.4 Å². The third-order valence-corrected chi connectivity index (χ3v) is 5.99. The molecule has 1 aromatic carbocycles. The third kappa shape index (κ3) is 2.93. The van der Waals surface area contributed by atoms with Crippen LogP contribution < -0.4 is 10.1 Å². The van der Waals surface area contributed by atoms with Crippen molar-refractivity contribution < 1.29 is 19.1 Å². The van der Waals surface area contributed by atoms with Gasteiger partial charge >= 0.3 is 0 Å². The second-order valence-electron chi connectivity index (χ2n) is 7.51. The molecule has 1 aliphatic heterocycles. The van der Waals surface area contributed by atoms with Crippen LogP contribution in [-0.4, -0.2) is 35.3 Å². The number of allylic oxidation sites excluding steroid dienone is 2. The zero-order valence-corrected chi connectivity index (χ0v) is 15.6. The predicted octanol–water partition coefficient (Wildman–Crippen LogP) is 2.61. The van der Waals surface area contributed by atoms with Crippen LogP contribution >= 0.6 is 0 Å². The molecule has 6 heteroatoms. The number of nitrogens with zero attached hydrogens (tertiary/aromatic N) is 1. The molecular formula is C21H24N2O4. The molecule has 0 radical (unpaired) electrons. The van der Waals surface area contributed by atoms with E-state index in [4.69, 9.17) is 4.74 Å². The summed E-state index contributed by atoms with van der Waals surface area (Å²) in [4.78, 5) is 39.7. The number of carbonyl (C=O) groups excluding carboxylic acids is 3. The Morgan fingerprint density at radius 1 is 1.11 bits per heavy atom. The highest BCUT2D eigenvalue weighted by atomic mass is 16.5. The van der Waals surface area contributed by atoms with Gasteiger partial charge in [0.15, 0.2) is 0 Å². The van der Waals surface area contributed by atoms with Crippen LogP contribution in [0.4, 0.5) is 5.69 Å². The van der Waals surface area contributed by atoms with Gasteiger partial charge in [0, 0.05) is 5.69 Å². The second kappa shape index (κ2) is 6.83. The SMILES string of the molecule is CCOc1ccc(NC(=O)[C@@H](C)N2C(=O)[C@@H]3[C@H](C2=O)[C@H]2C=C[C@H]3CC2)cc1. The van der Waals surface area contributed by atoms with E-state index in [1.807, 2.05) is 6.92 Å². The average molecular weight is 368 g/mol. The van der Waals surface area contributed by atoms with E-state index in [2.05, 4.69) is 17.5 Å². The number of hydrogen-bond donors (Lipinski definition) is 1. The van der Waals surface area contributed by atoms with Crippen LogP contribution in [-0.2, 0) is 14.4 Å². The standard InChI is InChI=1S/C21H24N2O4/c1-3-27-16-10-8-15(9-11-16)22-19(24)12(2)23-20(25)17-13-4-5-14(7-6-13)18(17)21(23)26/h4-5,8-14,17-18H,3,6-7H2,1-2H3,(H,22,24)/t12-,13+,14+,17-,18+/m1/s1. The van der Waals surface area contributed by atoms with Crippen LogP contribution in [0.25, 0.3) is 0 Å². The molecule has 4 aliphatic rings. The minimum Gasteiger partial charge on any atom is -0.494 e. The van der Waals surface area contributed by atoms with Crippen LogP contribution in [0.1, 0.15) is 26.7 Å². The quantitative estimate of drug-likeness (QED) is 0.640. The summed E-state index contributed by atoms with van der Waals surface area (Å²) in [5.41, 5.74) is 0.605. The van der Waals surface area contributed by atoms with Crippen LogP contribution in [0.15, 0.2) is 36.4 Å². The van der Waals surface area contributed by atoms with Crippen LogP contribution in [0.2, 0.25) is 0 Å². The van der Waals surface area contributed by atoms with Crippen LogP contribution in [0.3, 0.4) is 0 Å². The molecule has 0 aromatic heterocycles. The molecule has 6 nitrogen and oxygen atoms in total. The smallest absolute Gasteiger partial charge is 0.247 e. The maximum atomic E-state index is 12.9. The van der Waals surface area contributed by atoms with Crippen molar-refractivity contribution in [3.63, 3.8) is 0 Å². The molecule has 1 aromatic rings. The van der Waals surface area contributed by atoms with Gasteiger partial charge in [-0.2, -0.15) is 0 Å². The Bertz CT molecular complexity index is 769. The molecule has 142 valence electrons. The molecule has 1 N–H and O–H groups in total. The Balaban J connectivity index is 1.47. The Hall–Kier alpha value is -2.63. The molecule has 3 aliphatic carbocycles. The first-order valence-electron chi connectivity index (χ1n) is 9.60. The van der Waals surface area contributed by atoms with E-state index >= 15 is 0 Å². The third-order valence-electron chi connectivity index (χ3n) is 5.99. The number of carbonyl (C=O) groups is 3. The highest BCUT2D eigenvalue weighted by molar-refractivity contribution is 6.10. The number of nitrogens with one attached hydrogen (secondary N) is 1. The number of benzene rings is 1. The summed E-state index contributed by atoms with van der Waals surface area (Å²) < 4.78 is 5.39. The first kappa shape index (κ1) is 17.8. The zero-order valence-electron chi connectivity index (χ0n) is 15.6. The molecule has 3 amide bonds. The highest BCUT2D eigenvalue weighted by Crippen LogP contribution is 2.49.